The standard InChI is InChI=1S/C15H21N3O2S/c1-9-10(2)21-15(17-9)8-13(18-16)12-7-11(19-3)5-6-14(12)20-4/h5-7,13,18H,8,16H2,1-4H3. The van der Waals surface area contributed by atoms with Gasteiger partial charge in [-0.2, -0.15) is 0 Å². The van der Waals surface area contributed by atoms with Crippen molar-refractivity contribution in [1.82, 2.24) is 10.4 Å². The van der Waals surface area contributed by atoms with E-state index in [0.29, 0.717) is 6.42 Å². The maximum atomic E-state index is 5.74. The van der Waals surface area contributed by atoms with Crippen LogP contribution >= 0.6 is 11.3 Å². The summed E-state index contributed by atoms with van der Waals surface area (Å²) in [7, 11) is 3.29. The van der Waals surface area contributed by atoms with E-state index < -0.39 is 0 Å². The van der Waals surface area contributed by atoms with Crippen LogP contribution in [0.4, 0.5) is 0 Å². The molecule has 0 saturated heterocycles. The predicted octanol–water partition coefficient (Wildman–Crippen LogP) is 2.52. The predicted molar refractivity (Wildman–Crippen MR) is 84.9 cm³/mol. The summed E-state index contributed by atoms with van der Waals surface area (Å²) in [6.45, 7) is 4.10. The van der Waals surface area contributed by atoms with Gasteiger partial charge in [0.2, 0.25) is 0 Å². The van der Waals surface area contributed by atoms with E-state index in [-0.39, 0.29) is 6.04 Å². The number of thiazole rings is 1. The van der Waals surface area contributed by atoms with E-state index in [1.54, 1.807) is 25.6 Å². The number of benzene rings is 1. The summed E-state index contributed by atoms with van der Waals surface area (Å²) in [6.07, 6.45) is 0.708. The van der Waals surface area contributed by atoms with E-state index >= 15 is 0 Å². The monoisotopic (exact) mass is 307 g/mol. The second-order valence-electron chi connectivity index (χ2n) is 4.78. The fourth-order valence-electron chi connectivity index (χ4n) is 2.17. The van der Waals surface area contributed by atoms with E-state index in [0.717, 1.165) is 27.8 Å². The van der Waals surface area contributed by atoms with Gasteiger partial charge < -0.3 is 9.47 Å². The zero-order valence-electron chi connectivity index (χ0n) is 12.8. The van der Waals surface area contributed by atoms with Crippen molar-refractivity contribution in [3.63, 3.8) is 0 Å². The van der Waals surface area contributed by atoms with Crippen molar-refractivity contribution in [3.05, 3.63) is 39.3 Å². The highest BCUT2D eigenvalue weighted by Gasteiger charge is 2.18. The summed E-state index contributed by atoms with van der Waals surface area (Å²) in [4.78, 5) is 5.81. The Morgan fingerprint density at radius 3 is 2.57 bits per heavy atom. The van der Waals surface area contributed by atoms with Gasteiger partial charge in [-0.1, -0.05) is 0 Å². The number of aromatic nitrogens is 1. The first-order valence-electron chi connectivity index (χ1n) is 6.70. The topological polar surface area (TPSA) is 69.4 Å². The molecule has 1 atom stereocenters. The van der Waals surface area contributed by atoms with Crippen LogP contribution in [0.15, 0.2) is 18.2 Å². The normalized spacial score (nSPS) is 12.2. The molecule has 1 heterocycles. The molecule has 6 heteroatoms. The Balaban J connectivity index is 2.31. The van der Waals surface area contributed by atoms with Gasteiger partial charge in [-0.05, 0) is 32.0 Å². The van der Waals surface area contributed by atoms with Crippen molar-refractivity contribution >= 4 is 11.3 Å². The molecule has 0 radical (unpaired) electrons. The van der Waals surface area contributed by atoms with Crippen LogP contribution in [0.2, 0.25) is 0 Å². The zero-order valence-corrected chi connectivity index (χ0v) is 13.6. The van der Waals surface area contributed by atoms with Gasteiger partial charge in [0.15, 0.2) is 0 Å². The molecule has 21 heavy (non-hydrogen) atoms. The first-order chi connectivity index (χ1) is 10.1. The van der Waals surface area contributed by atoms with Gasteiger partial charge >= 0.3 is 0 Å². The third kappa shape index (κ3) is 3.53. The molecule has 1 aromatic heterocycles. The van der Waals surface area contributed by atoms with Crippen molar-refractivity contribution in [1.29, 1.82) is 0 Å². The maximum Gasteiger partial charge on any atom is 0.123 e. The van der Waals surface area contributed by atoms with E-state index in [4.69, 9.17) is 15.3 Å². The third-order valence-electron chi connectivity index (χ3n) is 3.47. The van der Waals surface area contributed by atoms with Crippen LogP contribution in [0.5, 0.6) is 11.5 Å². The van der Waals surface area contributed by atoms with Crippen LogP contribution in [0, 0.1) is 13.8 Å². The summed E-state index contributed by atoms with van der Waals surface area (Å²) in [6, 6.07) is 5.61. The molecule has 0 spiro atoms. The second-order valence-corrected chi connectivity index (χ2v) is 6.07. The van der Waals surface area contributed by atoms with Gasteiger partial charge in [0.05, 0.1) is 31.0 Å². The average Bonchev–Trinajstić information content (AvgIpc) is 2.82. The highest BCUT2D eigenvalue weighted by molar-refractivity contribution is 7.11. The number of hydrogen-bond donors (Lipinski definition) is 2. The Morgan fingerprint density at radius 1 is 1.29 bits per heavy atom. The third-order valence-corrected chi connectivity index (χ3v) is 4.56. The highest BCUT2D eigenvalue weighted by atomic mass is 32.1. The minimum absolute atomic E-state index is 0.0833. The Labute approximate surface area is 129 Å². The number of rotatable bonds is 6. The van der Waals surface area contributed by atoms with Crippen molar-refractivity contribution in [2.75, 3.05) is 14.2 Å². The van der Waals surface area contributed by atoms with Crippen LogP contribution in [0.1, 0.15) is 27.2 Å². The molecule has 1 aromatic carbocycles. The van der Waals surface area contributed by atoms with Crippen molar-refractivity contribution < 1.29 is 9.47 Å². The van der Waals surface area contributed by atoms with Crippen LogP contribution < -0.4 is 20.7 Å². The van der Waals surface area contributed by atoms with E-state index in [1.807, 2.05) is 25.1 Å². The van der Waals surface area contributed by atoms with E-state index in [1.165, 1.54) is 4.88 Å². The molecule has 0 fully saturated rings. The first-order valence-corrected chi connectivity index (χ1v) is 7.51. The smallest absolute Gasteiger partial charge is 0.123 e. The van der Waals surface area contributed by atoms with Gasteiger partial charge in [0, 0.05) is 16.9 Å². The van der Waals surface area contributed by atoms with Crippen molar-refractivity contribution in [3.8, 4) is 11.5 Å². The minimum Gasteiger partial charge on any atom is -0.497 e. The molecule has 114 valence electrons. The lowest BCUT2D eigenvalue weighted by molar-refractivity contribution is 0.389. The number of nitrogens with zero attached hydrogens (tertiary/aromatic N) is 1. The first kappa shape index (κ1) is 15.8. The molecule has 1 unspecified atom stereocenters. The fraction of sp³-hybridized carbons (Fsp3) is 0.400. The molecule has 2 aromatic rings. The number of hydrazine groups is 1. The largest absolute Gasteiger partial charge is 0.497 e. The molecular weight excluding hydrogens is 286 g/mol. The molecule has 0 bridgehead atoms. The van der Waals surface area contributed by atoms with Crippen LogP contribution in [0.3, 0.4) is 0 Å². The van der Waals surface area contributed by atoms with Gasteiger partial charge in [-0.25, -0.2) is 4.98 Å². The van der Waals surface area contributed by atoms with Crippen LogP contribution in [-0.2, 0) is 6.42 Å². The molecule has 0 amide bonds. The second kappa shape index (κ2) is 6.89. The zero-order chi connectivity index (χ0) is 15.4. The lowest BCUT2D eigenvalue weighted by Gasteiger charge is -2.19. The maximum absolute atomic E-state index is 5.74. The minimum atomic E-state index is -0.0833. The lowest BCUT2D eigenvalue weighted by Crippen LogP contribution is -2.30. The number of methoxy groups -OCH3 is 2. The molecule has 2 rings (SSSR count). The number of aryl methyl sites for hydroxylation is 2. The van der Waals surface area contributed by atoms with Gasteiger partial charge in [-0.15, -0.1) is 11.3 Å². The van der Waals surface area contributed by atoms with Crippen molar-refractivity contribution in [2.45, 2.75) is 26.3 Å². The Bertz CT molecular complexity index is 593. The van der Waals surface area contributed by atoms with Crippen LogP contribution in [0.25, 0.3) is 0 Å². The number of nitrogens with one attached hydrogen (secondary N) is 1. The number of ether oxygens (including phenoxy) is 2. The molecule has 5 nitrogen and oxygen atoms in total. The summed E-state index contributed by atoms with van der Waals surface area (Å²) in [5.74, 6) is 7.30. The molecular formula is C15H21N3O2S. The Morgan fingerprint density at radius 2 is 2.05 bits per heavy atom. The molecule has 0 aliphatic heterocycles. The number of hydrogen-bond acceptors (Lipinski definition) is 6. The Kier molecular flexibility index (Phi) is 5.17. The summed E-state index contributed by atoms with van der Waals surface area (Å²) < 4.78 is 10.7. The van der Waals surface area contributed by atoms with Gasteiger partial charge in [0.1, 0.15) is 11.5 Å². The quantitative estimate of drug-likeness (QED) is 0.634. The SMILES string of the molecule is COc1ccc(OC)c(C(Cc2nc(C)c(C)s2)NN)c1. The van der Waals surface area contributed by atoms with E-state index in [2.05, 4.69) is 17.3 Å². The summed E-state index contributed by atoms with van der Waals surface area (Å²) >= 11 is 1.70. The highest BCUT2D eigenvalue weighted by Crippen LogP contribution is 2.32. The molecule has 0 saturated carbocycles. The van der Waals surface area contributed by atoms with Gasteiger partial charge in [0.25, 0.3) is 0 Å². The molecule has 3 N–H and O–H groups in total. The van der Waals surface area contributed by atoms with Gasteiger partial charge in [-0.3, -0.25) is 11.3 Å². The lowest BCUT2D eigenvalue weighted by atomic mass is 10.0. The molecule has 0 aliphatic rings. The van der Waals surface area contributed by atoms with Crippen LogP contribution in [-0.4, -0.2) is 19.2 Å². The molecule has 0 aliphatic carbocycles. The number of nitrogens with two attached hydrogens (primary N) is 1. The summed E-state index contributed by atoms with van der Waals surface area (Å²) in [5, 5.41) is 1.05. The van der Waals surface area contributed by atoms with Crippen molar-refractivity contribution in [2.24, 2.45) is 5.84 Å². The average molecular weight is 307 g/mol. The fourth-order valence-corrected chi connectivity index (χ4v) is 3.15. The summed E-state index contributed by atoms with van der Waals surface area (Å²) in [5.41, 5.74) is 4.89. The van der Waals surface area contributed by atoms with E-state index in [9.17, 15) is 0 Å². The Hall–Kier alpha value is -1.63.